The SMILES string of the molecule is CNC(CCCOCCCOC)C(C)(C)C. The van der Waals surface area contributed by atoms with Gasteiger partial charge in [-0.05, 0) is 31.7 Å². The first-order chi connectivity index (χ1) is 7.52. The number of hydrogen-bond acceptors (Lipinski definition) is 3. The van der Waals surface area contributed by atoms with E-state index >= 15 is 0 Å². The molecule has 0 aliphatic heterocycles. The summed E-state index contributed by atoms with van der Waals surface area (Å²) >= 11 is 0. The molecule has 0 radical (unpaired) electrons. The lowest BCUT2D eigenvalue weighted by Crippen LogP contribution is -2.38. The molecule has 0 saturated heterocycles. The van der Waals surface area contributed by atoms with Crippen LogP contribution < -0.4 is 5.32 Å². The highest BCUT2D eigenvalue weighted by Crippen LogP contribution is 2.22. The van der Waals surface area contributed by atoms with E-state index in [2.05, 4.69) is 26.1 Å². The van der Waals surface area contributed by atoms with Gasteiger partial charge in [-0.15, -0.1) is 0 Å². The van der Waals surface area contributed by atoms with Crippen molar-refractivity contribution >= 4 is 0 Å². The molecule has 1 atom stereocenters. The van der Waals surface area contributed by atoms with Crippen LogP contribution in [0.25, 0.3) is 0 Å². The van der Waals surface area contributed by atoms with E-state index in [-0.39, 0.29) is 0 Å². The number of rotatable bonds is 9. The van der Waals surface area contributed by atoms with E-state index in [1.54, 1.807) is 7.11 Å². The Balaban J connectivity index is 3.42. The molecule has 98 valence electrons. The highest BCUT2D eigenvalue weighted by Gasteiger charge is 2.21. The smallest absolute Gasteiger partial charge is 0.0487 e. The van der Waals surface area contributed by atoms with Crippen LogP contribution in [-0.4, -0.2) is 40.0 Å². The Kier molecular flexibility index (Phi) is 8.90. The molecule has 0 heterocycles. The van der Waals surface area contributed by atoms with Gasteiger partial charge in [0, 0.05) is 33.0 Å². The van der Waals surface area contributed by atoms with Gasteiger partial charge in [-0.2, -0.15) is 0 Å². The van der Waals surface area contributed by atoms with Crippen molar-refractivity contribution in [3.05, 3.63) is 0 Å². The molecule has 16 heavy (non-hydrogen) atoms. The van der Waals surface area contributed by atoms with Crippen LogP contribution in [-0.2, 0) is 9.47 Å². The van der Waals surface area contributed by atoms with Gasteiger partial charge in [0.25, 0.3) is 0 Å². The van der Waals surface area contributed by atoms with E-state index in [9.17, 15) is 0 Å². The summed E-state index contributed by atoms with van der Waals surface area (Å²) in [5, 5.41) is 3.38. The average Bonchev–Trinajstić information content (AvgIpc) is 2.20. The summed E-state index contributed by atoms with van der Waals surface area (Å²) in [5.74, 6) is 0. The lowest BCUT2D eigenvalue weighted by molar-refractivity contribution is 0.0963. The van der Waals surface area contributed by atoms with E-state index < -0.39 is 0 Å². The summed E-state index contributed by atoms with van der Waals surface area (Å²) in [6.07, 6.45) is 3.28. The van der Waals surface area contributed by atoms with Crippen LogP contribution >= 0.6 is 0 Å². The summed E-state index contributed by atoms with van der Waals surface area (Å²) in [6, 6.07) is 0.565. The second-order valence-corrected chi connectivity index (χ2v) is 5.31. The summed E-state index contributed by atoms with van der Waals surface area (Å²) < 4.78 is 10.5. The maximum Gasteiger partial charge on any atom is 0.0487 e. The fourth-order valence-electron chi connectivity index (χ4n) is 1.81. The molecule has 0 aliphatic rings. The molecule has 0 aromatic carbocycles. The van der Waals surface area contributed by atoms with Gasteiger partial charge in [0.05, 0.1) is 0 Å². The molecule has 1 unspecified atom stereocenters. The number of nitrogens with one attached hydrogen (secondary N) is 1. The van der Waals surface area contributed by atoms with Crippen molar-refractivity contribution < 1.29 is 9.47 Å². The molecular weight excluding hydrogens is 202 g/mol. The van der Waals surface area contributed by atoms with Crippen molar-refractivity contribution in [1.29, 1.82) is 0 Å². The third-order valence-corrected chi connectivity index (χ3v) is 2.81. The molecule has 3 nitrogen and oxygen atoms in total. The first kappa shape index (κ1) is 15.9. The number of methoxy groups -OCH3 is 1. The molecule has 3 heteroatoms. The Morgan fingerprint density at radius 3 is 2.19 bits per heavy atom. The topological polar surface area (TPSA) is 30.5 Å². The van der Waals surface area contributed by atoms with Crippen LogP contribution in [0, 0.1) is 5.41 Å². The monoisotopic (exact) mass is 231 g/mol. The van der Waals surface area contributed by atoms with Crippen LogP contribution in [0.3, 0.4) is 0 Å². The summed E-state index contributed by atoms with van der Waals surface area (Å²) in [6.45, 7) is 9.28. The minimum absolute atomic E-state index is 0.324. The molecule has 0 aromatic heterocycles. The predicted octanol–water partition coefficient (Wildman–Crippen LogP) is 2.45. The van der Waals surface area contributed by atoms with Crippen molar-refractivity contribution in [2.75, 3.05) is 34.0 Å². The van der Waals surface area contributed by atoms with Crippen molar-refractivity contribution in [2.24, 2.45) is 5.41 Å². The van der Waals surface area contributed by atoms with Gasteiger partial charge in [-0.1, -0.05) is 20.8 Å². The second-order valence-electron chi connectivity index (χ2n) is 5.31. The van der Waals surface area contributed by atoms with E-state index in [0.29, 0.717) is 11.5 Å². The standard InChI is InChI=1S/C13H29NO2/c1-13(2,3)12(14-4)8-6-10-16-11-7-9-15-5/h12,14H,6-11H2,1-5H3. The molecule has 0 bridgehead atoms. The second kappa shape index (κ2) is 8.97. The normalized spacial score (nSPS) is 14.1. The van der Waals surface area contributed by atoms with Crippen molar-refractivity contribution in [1.82, 2.24) is 5.32 Å². The van der Waals surface area contributed by atoms with Gasteiger partial charge in [-0.3, -0.25) is 0 Å². The zero-order valence-corrected chi connectivity index (χ0v) is 11.6. The van der Waals surface area contributed by atoms with Crippen LogP contribution in [0.2, 0.25) is 0 Å². The first-order valence-corrected chi connectivity index (χ1v) is 6.26. The Labute approximate surface area is 101 Å². The maximum absolute atomic E-state index is 5.54. The van der Waals surface area contributed by atoms with Crippen LogP contribution in [0.1, 0.15) is 40.0 Å². The quantitative estimate of drug-likeness (QED) is 0.618. The van der Waals surface area contributed by atoms with Gasteiger partial charge in [0.1, 0.15) is 0 Å². The minimum Gasteiger partial charge on any atom is -0.385 e. The summed E-state index contributed by atoms with van der Waals surface area (Å²) in [4.78, 5) is 0. The van der Waals surface area contributed by atoms with E-state index in [1.807, 2.05) is 7.05 Å². The molecule has 0 aromatic rings. The Bertz CT molecular complexity index is 155. The third kappa shape index (κ3) is 8.08. The van der Waals surface area contributed by atoms with Gasteiger partial charge < -0.3 is 14.8 Å². The van der Waals surface area contributed by atoms with Gasteiger partial charge in [-0.25, -0.2) is 0 Å². The molecule has 0 fully saturated rings. The van der Waals surface area contributed by atoms with Crippen LogP contribution in [0.5, 0.6) is 0 Å². The zero-order valence-electron chi connectivity index (χ0n) is 11.6. The summed E-state index contributed by atoms with van der Waals surface area (Å²) in [5.41, 5.74) is 0.324. The number of hydrogen-bond donors (Lipinski definition) is 1. The molecule has 1 N–H and O–H groups in total. The maximum atomic E-state index is 5.54. The van der Waals surface area contributed by atoms with E-state index in [0.717, 1.165) is 32.7 Å². The van der Waals surface area contributed by atoms with E-state index in [1.165, 1.54) is 6.42 Å². The van der Waals surface area contributed by atoms with Crippen LogP contribution in [0.15, 0.2) is 0 Å². The minimum atomic E-state index is 0.324. The van der Waals surface area contributed by atoms with Crippen molar-refractivity contribution in [3.8, 4) is 0 Å². The fourth-order valence-corrected chi connectivity index (χ4v) is 1.81. The average molecular weight is 231 g/mol. The Hall–Kier alpha value is -0.120. The van der Waals surface area contributed by atoms with Gasteiger partial charge in [0.15, 0.2) is 0 Å². The fraction of sp³-hybridized carbons (Fsp3) is 1.00. The van der Waals surface area contributed by atoms with Crippen molar-refractivity contribution in [2.45, 2.75) is 46.1 Å². The summed E-state index contributed by atoms with van der Waals surface area (Å²) in [7, 11) is 3.76. The third-order valence-electron chi connectivity index (χ3n) is 2.81. The predicted molar refractivity (Wildman–Crippen MR) is 68.8 cm³/mol. The zero-order chi connectivity index (χ0) is 12.4. The molecule has 0 amide bonds. The van der Waals surface area contributed by atoms with Crippen molar-refractivity contribution in [3.63, 3.8) is 0 Å². The first-order valence-electron chi connectivity index (χ1n) is 6.26. The van der Waals surface area contributed by atoms with Gasteiger partial charge >= 0.3 is 0 Å². The highest BCUT2D eigenvalue weighted by molar-refractivity contribution is 4.78. The molecule has 0 aliphatic carbocycles. The highest BCUT2D eigenvalue weighted by atomic mass is 16.5. The number of ether oxygens (including phenoxy) is 2. The van der Waals surface area contributed by atoms with Gasteiger partial charge in [0.2, 0.25) is 0 Å². The van der Waals surface area contributed by atoms with E-state index in [4.69, 9.17) is 9.47 Å². The van der Waals surface area contributed by atoms with Crippen LogP contribution in [0.4, 0.5) is 0 Å². The molecule has 0 rings (SSSR count). The lowest BCUT2D eigenvalue weighted by atomic mass is 9.84. The molecule has 0 saturated carbocycles. The largest absolute Gasteiger partial charge is 0.385 e. The molecular formula is C13H29NO2. The lowest BCUT2D eigenvalue weighted by Gasteiger charge is -2.30. The Morgan fingerprint density at radius 2 is 1.69 bits per heavy atom. The molecule has 0 spiro atoms. The Morgan fingerprint density at radius 1 is 1.06 bits per heavy atom.